The van der Waals surface area contributed by atoms with E-state index < -0.39 is 34.5 Å². The van der Waals surface area contributed by atoms with Gasteiger partial charge in [-0.2, -0.15) is 0 Å². The molecule has 0 heterocycles. The molecular weight excluding hydrogens is 474 g/mol. The minimum atomic E-state index is -0.886. The lowest BCUT2D eigenvalue weighted by Crippen LogP contribution is -2.16. The molecule has 0 aliphatic carbocycles. The van der Waals surface area contributed by atoms with Gasteiger partial charge in [-0.1, -0.05) is 80.5 Å². The molecule has 198 valence electrons. The Morgan fingerprint density at radius 3 is 1.19 bits per heavy atom. The zero-order valence-corrected chi connectivity index (χ0v) is 22.5. The SMILES string of the molecule is CC(C)(C)c1c(F)cc(F)cc1F.CC(C)(C)c1ccc(F)cc1.CC(C)(C)c1ccc(F)cc1F. The van der Waals surface area contributed by atoms with E-state index in [1.165, 1.54) is 29.8 Å². The van der Waals surface area contributed by atoms with Crippen LogP contribution in [0.1, 0.15) is 79.0 Å². The third-order valence-electron chi connectivity index (χ3n) is 5.21. The van der Waals surface area contributed by atoms with Gasteiger partial charge in [0.15, 0.2) is 0 Å². The van der Waals surface area contributed by atoms with Crippen LogP contribution in [-0.2, 0) is 16.2 Å². The van der Waals surface area contributed by atoms with Crippen molar-refractivity contribution in [2.24, 2.45) is 0 Å². The molecule has 0 N–H and O–H groups in total. The van der Waals surface area contributed by atoms with E-state index in [2.05, 4.69) is 20.8 Å². The molecule has 0 unspecified atom stereocenters. The second-order valence-corrected chi connectivity index (χ2v) is 11.6. The molecule has 3 aromatic rings. The Morgan fingerprint density at radius 2 is 0.833 bits per heavy atom. The number of hydrogen-bond donors (Lipinski definition) is 0. The fraction of sp³-hybridized carbons (Fsp3) is 0.400. The van der Waals surface area contributed by atoms with Crippen molar-refractivity contribution in [1.29, 1.82) is 0 Å². The van der Waals surface area contributed by atoms with Crippen molar-refractivity contribution in [3.05, 3.63) is 106 Å². The Labute approximate surface area is 211 Å². The van der Waals surface area contributed by atoms with Crippen LogP contribution in [0.2, 0.25) is 0 Å². The first-order valence-electron chi connectivity index (χ1n) is 11.6. The molecule has 0 aromatic heterocycles. The van der Waals surface area contributed by atoms with Gasteiger partial charge in [0.2, 0.25) is 0 Å². The number of rotatable bonds is 0. The molecule has 0 nitrogen and oxygen atoms in total. The average Bonchev–Trinajstić information content (AvgIpc) is 2.65. The molecule has 0 aliphatic heterocycles. The maximum atomic E-state index is 13.1. The molecule has 0 saturated heterocycles. The summed E-state index contributed by atoms with van der Waals surface area (Å²) in [6, 6.07) is 11.7. The Morgan fingerprint density at radius 1 is 0.417 bits per heavy atom. The Kier molecular flexibility index (Phi) is 10.4. The summed E-state index contributed by atoms with van der Waals surface area (Å²) in [5, 5.41) is 0. The van der Waals surface area contributed by atoms with Crippen LogP contribution in [0, 0.1) is 34.9 Å². The Hall–Kier alpha value is -2.76. The lowest BCUT2D eigenvalue weighted by Gasteiger charge is -2.20. The second kappa shape index (κ2) is 12.0. The molecule has 0 radical (unpaired) electrons. The van der Waals surface area contributed by atoms with Gasteiger partial charge < -0.3 is 0 Å². The van der Waals surface area contributed by atoms with Gasteiger partial charge in [-0.25, -0.2) is 26.3 Å². The van der Waals surface area contributed by atoms with Crippen molar-refractivity contribution in [3.8, 4) is 0 Å². The Balaban J connectivity index is 0.000000271. The molecule has 0 fully saturated rings. The third kappa shape index (κ3) is 9.71. The average molecular weight is 511 g/mol. The first-order valence-corrected chi connectivity index (χ1v) is 11.6. The van der Waals surface area contributed by atoms with Crippen molar-refractivity contribution in [3.63, 3.8) is 0 Å². The van der Waals surface area contributed by atoms with E-state index >= 15 is 0 Å². The zero-order chi connectivity index (χ0) is 28.1. The van der Waals surface area contributed by atoms with E-state index in [1.807, 2.05) is 32.9 Å². The molecule has 3 aromatic carbocycles. The van der Waals surface area contributed by atoms with Gasteiger partial charge in [0.25, 0.3) is 0 Å². The van der Waals surface area contributed by atoms with E-state index in [1.54, 1.807) is 20.8 Å². The highest BCUT2D eigenvalue weighted by Crippen LogP contribution is 2.28. The normalized spacial score (nSPS) is 11.8. The molecule has 0 bridgehead atoms. The van der Waals surface area contributed by atoms with E-state index in [0.717, 1.165) is 6.07 Å². The maximum absolute atomic E-state index is 13.1. The smallest absolute Gasteiger partial charge is 0.132 e. The van der Waals surface area contributed by atoms with Gasteiger partial charge >= 0.3 is 0 Å². The van der Waals surface area contributed by atoms with Gasteiger partial charge in [0, 0.05) is 23.8 Å². The summed E-state index contributed by atoms with van der Waals surface area (Å²) in [6.45, 7) is 17.0. The molecular formula is C30H36F6. The van der Waals surface area contributed by atoms with Crippen LogP contribution in [0.5, 0.6) is 0 Å². The highest BCUT2D eigenvalue weighted by atomic mass is 19.2. The van der Waals surface area contributed by atoms with Gasteiger partial charge in [-0.05, 0) is 45.6 Å². The van der Waals surface area contributed by atoms with Crippen LogP contribution in [0.4, 0.5) is 26.3 Å². The molecule has 0 spiro atoms. The number of halogens is 6. The quantitative estimate of drug-likeness (QED) is 0.264. The lowest BCUT2D eigenvalue weighted by molar-refractivity contribution is 0.462. The largest absolute Gasteiger partial charge is 0.207 e. The monoisotopic (exact) mass is 510 g/mol. The molecule has 0 amide bonds. The number of hydrogen-bond acceptors (Lipinski definition) is 0. The minimum Gasteiger partial charge on any atom is -0.207 e. The third-order valence-corrected chi connectivity index (χ3v) is 5.21. The summed E-state index contributed by atoms with van der Waals surface area (Å²) in [5.74, 6) is -3.71. The van der Waals surface area contributed by atoms with E-state index in [4.69, 9.17) is 0 Å². The minimum absolute atomic E-state index is 0.0751. The zero-order valence-electron chi connectivity index (χ0n) is 22.5. The summed E-state index contributed by atoms with van der Waals surface area (Å²) < 4.78 is 76.8. The van der Waals surface area contributed by atoms with Crippen LogP contribution in [0.3, 0.4) is 0 Å². The van der Waals surface area contributed by atoms with Gasteiger partial charge in [-0.15, -0.1) is 0 Å². The first kappa shape index (κ1) is 31.3. The second-order valence-electron chi connectivity index (χ2n) is 11.6. The topological polar surface area (TPSA) is 0 Å². The molecule has 0 atom stereocenters. The molecule has 6 heteroatoms. The van der Waals surface area contributed by atoms with Crippen molar-refractivity contribution in [2.75, 3.05) is 0 Å². The molecule has 0 aliphatic rings. The fourth-order valence-corrected chi connectivity index (χ4v) is 3.31. The lowest BCUT2D eigenvalue weighted by atomic mass is 9.86. The highest BCUT2D eigenvalue weighted by molar-refractivity contribution is 5.27. The summed E-state index contributed by atoms with van der Waals surface area (Å²) in [6.07, 6.45) is 0. The number of benzene rings is 3. The maximum Gasteiger partial charge on any atom is 0.132 e. The predicted molar refractivity (Wildman–Crippen MR) is 135 cm³/mol. The van der Waals surface area contributed by atoms with Crippen molar-refractivity contribution in [2.45, 2.75) is 78.6 Å². The van der Waals surface area contributed by atoms with Crippen LogP contribution >= 0.6 is 0 Å². The van der Waals surface area contributed by atoms with Crippen LogP contribution in [0.15, 0.2) is 54.6 Å². The van der Waals surface area contributed by atoms with Gasteiger partial charge in [0.1, 0.15) is 34.9 Å². The van der Waals surface area contributed by atoms with Crippen molar-refractivity contribution < 1.29 is 26.3 Å². The van der Waals surface area contributed by atoms with E-state index in [-0.39, 0.29) is 22.2 Å². The van der Waals surface area contributed by atoms with Gasteiger partial charge in [0.05, 0.1) is 0 Å². The predicted octanol–water partition coefficient (Wildman–Crippen LogP) is 9.79. The standard InChI is InChI=1S/C10H11F3.C10H12F2.C10H13F/c1-10(2,3)9-7(12)4-6(11)5-8(9)13;1-10(2,3)8-5-4-7(11)6-9(8)12;1-10(2,3)8-4-6-9(11)7-5-8/h4-5H,1-3H3;4-6H,1-3H3;4-7H,1-3H3. The van der Waals surface area contributed by atoms with Crippen LogP contribution in [-0.4, -0.2) is 0 Å². The Bertz CT molecular complexity index is 1110. The summed E-state index contributed by atoms with van der Waals surface area (Å²) in [7, 11) is 0. The first-order chi connectivity index (χ1) is 16.2. The summed E-state index contributed by atoms with van der Waals surface area (Å²) in [4.78, 5) is 0. The van der Waals surface area contributed by atoms with Crippen molar-refractivity contribution in [1.82, 2.24) is 0 Å². The highest BCUT2D eigenvalue weighted by Gasteiger charge is 2.23. The van der Waals surface area contributed by atoms with E-state index in [9.17, 15) is 26.3 Å². The fourth-order valence-electron chi connectivity index (χ4n) is 3.31. The van der Waals surface area contributed by atoms with Crippen LogP contribution in [0.25, 0.3) is 0 Å². The molecule has 36 heavy (non-hydrogen) atoms. The van der Waals surface area contributed by atoms with Gasteiger partial charge in [-0.3, -0.25) is 0 Å². The summed E-state index contributed by atoms with van der Waals surface area (Å²) in [5.41, 5.74) is 0.838. The van der Waals surface area contributed by atoms with E-state index in [0.29, 0.717) is 17.7 Å². The summed E-state index contributed by atoms with van der Waals surface area (Å²) >= 11 is 0. The molecule has 0 saturated carbocycles. The molecule has 3 rings (SSSR count). The van der Waals surface area contributed by atoms with Crippen LogP contribution < -0.4 is 0 Å². The van der Waals surface area contributed by atoms with Crippen molar-refractivity contribution >= 4 is 0 Å².